The summed E-state index contributed by atoms with van der Waals surface area (Å²) in [6, 6.07) is 11.9. The van der Waals surface area contributed by atoms with Gasteiger partial charge in [0.25, 0.3) is 0 Å². The van der Waals surface area contributed by atoms with Gasteiger partial charge in [0.2, 0.25) is 0 Å². The SMILES string of the molecule is CS(=O)(=O)c1cccc(Oc2cc(Br)ccc2CCl)c1. The number of hydrogen-bond donors (Lipinski definition) is 0. The van der Waals surface area contributed by atoms with Gasteiger partial charge >= 0.3 is 0 Å². The predicted octanol–water partition coefficient (Wildman–Crippen LogP) is 4.38. The Morgan fingerprint density at radius 2 is 1.95 bits per heavy atom. The lowest BCUT2D eigenvalue weighted by molar-refractivity contribution is 0.476. The van der Waals surface area contributed by atoms with Gasteiger partial charge in [-0.25, -0.2) is 8.42 Å². The lowest BCUT2D eigenvalue weighted by Gasteiger charge is -2.11. The third kappa shape index (κ3) is 3.75. The first kappa shape index (κ1) is 15.4. The van der Waals surface area contributed by atoms with Crippen molar-refractivity contribution in [3.05, 3.63) is 52.5 Å². The minimum Gasteiger partial charge on any atom is -0.457 e. The number of hydrogen-bond acceptors (Lipinski definition) is 3. The first-order valence-corrected chi connectivity index (χ1v) is 8.94. The zero-order chi connectivity index (χ0) is 14.8. The summed E-state index contributed by atoms with van der Waals surface area (Å²) in [5.74, 6) is 1.37. The zero-order valence-electron chi connectivity index (χ0n) is 10.6. The van der Waals surface area contributed by atoms with Crippen molar-refractivity contribution >= 4 is 37.4 Å². The summed E-state index contributed by atoms with van der Waals surface area (Å²) in [5, 5.41) is 0. The second-order valence-corrected chi connectivity index (χ2v) is 7.43. The normalized spacial score (nSPS) is 11.3. The molecule has 20 heavy (non-hydrogen) atoms. The highest BCUT2D eigenvalue weighted by molar-refractivity contribution is 9.10. The largest absolute Gasteiger partial charge is 0.457 e. The van der Waals surface area contributed by atoms with Crippen LogP contribution in [0.3, 0.4) is 0 Å². The molecule has 0 unspecified atom stereocenters. The molecule has 0 N–H and O–H groups in total. The summed E-state index contributed by atoms with van der Waals surface area (Å²) in [6.45, 7) is 0. The highest BCUT2D eigenvalue weighted by Crippen LogP contribution is 2.30. The molecule has 0 saturated heterocycles. The van der Waals surface area contributed by atoms with Crippen molar-refractivity contribution in [2.24, 2.45) is 0 Å². The number of halogens is 2. The van der Waals surface area contributed by atoms with Crippen LogP contribution in [-0.2, 0) is 15.7 Å². The van der Waals surface area contributed by atoms with E-state index >= 15 is 0 Å². The van der Waals surface area contributed by atoms with Crippen LogP contribution in [-0.4, -0.2) is 14.7 Å². The molecule has 0 fully saturated rings. The number of alkyl halides is 1. The lowest BCUT2D eigenvalue weighted by atomic mass is 10.2. The number of rotatable bonds is 4. The van der Waals surface area contributed by atoms with Gasteiger partial charge < -0.3 is 4.74 Å². The number of benzene rings is 2. The molecule has 0 bridgehead atoms. The molecule has 106 valence electrons. The summed E-state index contributed by atoms with van der Waals surface area (Å²) in [6.07, 6.45) is 1.16. The standard InChI is InChI=1S/C14H12BrClO3S/c1-20(17,18)13-4-2-3-12(8-13)19-14-7-11(15)6-5-10(14)9-16/h2-8H,9H2,1H3. The lowest BCUT2D eigenvalue weighted by Crippen LogP contribution is -1.97. The van der Waals surface area contributed by atoms with Gasteiger partial charge in [-0.05, 0) is 30.3 Å². The van der Waals surface area contributed by atoms with E-state index in [2.05, 4.69) is 15.9 Å². The highest BCUT2D eigenvalue weighted by Gasteiger charge is 2.10. The molecular weight excluding hydrogens is 364 g/mol. The molecule has 0 saturated carbocycles. The second-order valence-electron chi connectivity index (χ2n) is 4.23. The van der Waals surface area contributed by atoms with E-state index in [1.165, 1.54) is 12.1 Å². The molecule has 0 aliphatic heterocycles. The Kier molecular flexibility index (Phi) is 4.73. The average molecular weight is 376 g/mol. The molecule has 3 nitrogen and oxygen atoms in total. The Morgan fingerprint density at radius 3 is 2.60 bits per heavy atom. The van der Waals surface area contributed by atoms with Gasteiger partial charge in [-0.2, -0.15) is 0 Å². The summed E-state index contributed by atoms with van der Waals surface area (Å²) in [4.78, 5) is 0.220. The van der Waals surface area contributed by atoms with Gasteiger partial charge in [0.15, 0.2) is 9.84 Å². The van der Waals surface area contributed by atoms with E-state index in [1.807, 2.05) is 12.1 Å². The Balaban J connectivity index is 2.38. The molecule has 6 heteroatoms. The van der Waals surface area contributed by atoms with Crippen LogP contribution in [0.1, 0.15) is 5.56 Å². The Bertz CT molecular complexity index is 729. The molecule has 0 aliphatic carbocycles. The highest BCUT2D eigenvalue weighted by atomic mass is 79.9. The maximum absolute atomic E-state index is 11.5. The minimum atomic E-state index is -3.26. The molecule has 2 aromatic carbocycles. The summed E-state index contributed by atoms with van der Waals surface area (Å²) in [7, 11) is -3.26. The maximum atomic E-state index is 11.5. The van der Waals surface area contributed by atoms with Gasteiger partial charge in [0.05, 0.1) is 10.8 Å². The molecule has 0 aromatic heterocycles. The summed E-state index contributed by atoms with van der Waals surface area (Å²) >= 11 is 9.23. The molecule has 0 radical (unpaired) electrons. The van der Waals surface area contributed by atoms with E-state index < -0.39 is 9.84 Å². The average Bonchev–Trinajstić information content (AvgIpc) is 2.38. The first-order chi connectivity index (χ1) is 9.40. The van der Waals surface area contributed by atoms with Gasteiger partial charge in [-0.15, -0.1) is 11.6 Å². The molecule has 0 atom stereocenters. The maximum Gasteiger partial charge on any atom is 0.175 e. The van der Waals surface area contributed by atoms with Gasteiger partial charge in [0, 0.05) is 16.3 Å². The van der Waals surface area contributed by atoms with Crippen LogP contribution in [0.2, 0.25) is 0 Å². The van der Waals surface area contributed by atoms with Crippen LogP contribution >= 0.6 is 27.5 Å². The topological polar surface area (TPSA) is 43.4 Å². The number of sulfone groups is 1. The summed E-state index contributed by atoms with van der Waals surface area (Å²) in [5.41, 5.74) is 0.833. The second kappa shape index (κ2) is 6.16. The quantitative estimate of drug-likeness (QED) is 0.745. The fourth-order valence-electron chi connectivity index (χ4n) is 1.63. The van der Waals surface area contributed by atoms with E-state index in [-0.39, 0.29) is 4.90 Å². The smallest absolute Gasteiger partial charge is 0.175 e. The minimum absolute atomic E-state index is 0.220. The van der Waals surface area contributed by atoms with Crippen molar-refractivity contribution in [1.82, 2.24) is 0 Å². The monoisotopic (exact) mass is 374 g/mol. The molecule has 0 spiro atoms. The van der Waals surface area contributed by atoms with Crippen LogP contribution in [0.5, 0.6) is 11.5 Å². The summed E-state index contributed by atoms with van der Waals surface area (Å²) < 4.78 is 29.7. The Morgan fingerprint density at radius 1 is 1.20 bits per heavy atom. The third-order valence-corrected chi connectivity index (χ3v) is 4.53. The van der Waals surface area contributed by atoms with Crippen LogP contribution in [0.25, 0.3) is 0 Å². The van der Waals surface area contributed by atoms with Crippen molar-refractivity contribution in [2.45, 2.75) is 10.8 Å². The van der Waals surface area contributed by atoms with Crippen molar-refractivity contribution in [1.29, 1.82) is 0 Å². The molecule has 0 amide bonds. The van der Waals surface area contributed by atoms with E-state index in [9.17, 15) is 8.42 Å². The number of ether oxygens (including phenoxy) is 1. The Hall–Kier alpha value is -1.04. The van der Waals surface area contributed by atoms with E-state index in [1.54, 1.807) is 18.2 Å². The van der Waals surface area contributed by atoms with Gasteiger partial charge in [-0.1, -0.05) is 28.1 Å². The van der Waals surface area contributed by atoms with E-state index in [0.717, 1.165) is 16.3 Å². The zero-order valence-corrected chi connectivity index (χ0v) is 13.8. The first-order valence-electron chi connectivity index (χ1n) is 5.72. The van der Waals surface area contributed by atoms with Crippen LogP contribution in [0.4, 0.5) is 0 Å². The Labute approximate surface area is 131 Å². The fourth-order valence-corrected chi connectivity index (χ4v) is 2.85. The van der Waals surface area contributed by atoms with E-state index in [0.29, 0.717) is 17.4 Å². The van der Waals surface area contributed by atoms with Crippen LogP contribution in [0, 0.1) is 0 Å². The van der Waals surface area contributed by atoms with Crippen molar-refractivity contribution in [2.75, 3.05) is 6.26 Å². The fraction of sp³-hybridized carbons (Fsp3) is 0.143. The molecular formula is C14H12BrClO3S. The predicted molar refractivity (Wildman–Crippen MR) is 83.3 cm³/mol. The molecule has 2 aromatic rings. The molecule has 2 rings (SSSR count). The molecule has 0 heterocycles. The van der Waals surface area contributed by atoms with Crippen molar-refractivity contribution in [3.8, 4) is 11.5 Å². The van der Waals surface area contributed by atoms with Crippen molar-refractivity contribution in [3.63, 3.8) is 0 Å². The van der Waals surface area contributed by atoms with Crippen molar-refractivity contribution < 1.29 is 13.2 Å². The third-order valence-electron chi connectivity index (χ3n) is 2.63. The molecule has 0 aliphatic rings. The van der Waals surface area contributed by atoms with Gasteiger partial charge in [-0.3, -0.25) is 0 Å². The van der Waals surface area contributed by atoms with E-state index in [4.69, 9.17) is 16.3 Å². The van der Waals surface area contributed by atoms with Crippen LogP contribution < -0.4 is 4.74 Å². The van der Waals surface area contributed by atoms with Gasteiger partial charge in [0.1, 0.15) is 11.5 Å². The van der Waals surface area contributed by atoms with Crippen LogP contribution in [0.15, 0.2) is 51.8 Å².